The fraction of sp³-hybridized carbons (Fsp3) is 0.450. The number of nitrogens with zero attached hydrogens (tertiary/aromatic N) is 4. The SMILES string of the molecule is CC1CCCC(C)N1CCNc1ccc2c(-c3ccccn3)noc2n1. The van der Waals surface area contributed by atoms with Gasteiger partial charge in [0.2, 0.25) is 0 Å². The Bertz CT molecular complexity index is 853. The lowest BCUT2D eigenvalue weighted by Crippen LogP contribution is -2.45. The number of fused-ring (bicyclic) bond motifs is 1. The highest BCUT2D eigenvalue weighted by Gasteiger charge is 2.23. The van der Waals surface area contributed by atoms with Gasteiger partial charge in [0.1, 0.15) is 11.5 Å². The second kappa shape index (κ2) is 7.41. The molecule has 0 amide bonds. The van der Waals surface area contributed by atoms with E-state index in [0.717, 1.165) is 35.7 Å². The van der Waals surface area contributed by atoms with Crippen LogP contribution >= 0.6 is 0 Å². The Morgan fingerprint density at radius 1 is 1.15 bits per heavy atom. The lowest BCUT2D eigenvalue weighted by Gasteiger charge is -2.39. The summed E-state index contributed by atoms with van der Waals surface area (Å²) in [4.78, 5) is 11.5. The normalized spacial score (nSPS) is 21.2. The van der Waals surface area contributed by atoms with Crippen molar-refractivity contribution in [2.24, 2.45) is 0 Å². The quantitative estimate of drug-likeness (QED) is 0.750. The predicted molar refractivity (Wildman–Crippen MR) is 103 cm³/mol. The molecule has 136 valence electrons. The second-order valence-corrected chi connectivity index (χ2v) is 7.09. The number of nitrogens with one attached hydrogen (secondary N) is 1. The van der Waals surface area contributed by atoms with Gasteiger partial charge < -0.3 is 9.84 Å². The smallest absolute Gasteiger partial charge is 0.260 e. The van der Waals surface area contributed by atoms with Crippen molar-refractivity contribution in [2.75, 3.05) is 18.4 Å². The molecule has 3 aromatic heterocycles. The van der Waals surface area contributed by atoms with E-state index in [1.807, 2.05) is 30.3 Å². The summed E-state index contributed by atoms with van der Waals surface area (Å²) in [5, 5.41) is 8.44. The highest BCUT2D eigenvalue weighted by Crippen LogP contribution is 2.26. The molecule has 0 bridgehead atoms. The molecular weight excluding hydrogens is 326 g/mol. The number of rotatable bonds is 5. The molecule has 6 heteroatoms. The maximum atomic E-state index is 5.42. The van der Waals surface area contributed by atoms with E-state index < -0.39 is 0 Å². The van der Waals surface area contributed by atoms with Crippen LogP contribution in [0.2, 0.25) is 0 Å². The van der Waals surface area contributed by atoms with Gasteiger partial charge in [-0.05, 0) is 51.0 Å². The lowest BCUT2D eigenvalue weighted by atomic mass is 9.98. The summed E-state index contributed by atoms with van der Waals surface area (Å²) < 4.78 is 5.42. The third kappa shape index (κ3) is 3.42. The van der Waals surface area contributed by atoms with Gasteiger partial charge in [-0.15, -0.1) is 0 Å². The highest BCUT2D eigenvalue weighted by atomic mass is 16.5. The molecule has 26 heavy (non-hydrogen) atoms. The van der Waals surface area contributed by atoms with Crippen molar-refractivity contribution in [1.82, 2.24) is 20.0 Å². The number of aromatic nitrogens is 3. The van der Waals surface area contributed by atoms with Crippen LogP contribution in [0.4, 0.5) is 5.82 Å². The first kappa shape index (κ1) is 17.0. The molecule has 1 saturated heterocycles. The van der Waals surface area contributed by atoms with Gasteiger partial charge in [-0.2, -0.15) is 4.98 Å². The van der Waals surface area contributed by atoms with Crippen LogP contribution < -0.4 is 5.32 Å². The summed E-state index contributed by atoms with van der Waals surface area (Å²) in [5.74, 6) is 0.818. The van der Waals surface area contributed by atoms with Crippen molar-refractivity contribution in [3.8, 4) is 11.4 Å². The van der Waals surface area contributed by atoms with Crippen LogP contribution in [0.1, 0.15) is 33.1 Å². The number of hydrogen-bond donors (Lipinski definition) is 1. The van der Waals surface area contributed by atoms with E-state index in [4.69, 9.17) is 4.52 Å². The standard InChI is InChI=1S/C20H25N5O/c1-14-6-5-7-15(2)25(14)13-12-22-18-10-9-16-19(24-26-20(16)23-18)17-8-3-4-11-21-17/h3-4,8-11,14-15H,5-7,12-13H2,1-2H3,(H,22,23). The average molecular weight is 351 g/mol. The third-order valence-electron chi connectivity index (χ3n) is 5.30. The molecule has 0 radical (unpaired) electrons. The van der Waals surface area contributed by atoms with Crippen LogP contribution in [-0.4, -0.2) is 45.2 Å². The molecule has 1 N–H and O–H groups in total. The summed E-state index contributed by atoms with van der Waals surface area (Å²) in [7, 11) is 0. The van der Waals surface area contributed by atoms with E-state index in [1.54, 1.807) is 6.20 Å². The highest BCUT2D eigenvalue weighted by molar-refractivity contribution is 5.89. The van der Waals surface area contributed by atoms with Gasteiger partial charge in [0.15, 0.2) is 0 Å². The van der Waals surface area contributed by atoms with E-state index in [-0.39, 0.29) is 0 Å². The molecular formula is C20H25N5O. The number of likely N-dealkylation sites (tertiary alicyclic amines) is 1. The zero-order chi connectivity index (χ0) is 17.9. The molecule has 0 saturated carbocycles. The van der Waals surface area contributed by atoms with E-state index >= 15 is 0 Å². The topological polar surface area (TPSA) is 67.1 Å². The van der Waals surface area contributed by atoms with Crippen LogP contribution in [0.3, 0.4) is 0 Å². The van der Waals surface area contributed by atoms with Crippen LogP contribution in [0.5, 0.6) is 0 Å². The van der Waals surface area contributed by atoms with Crippen LogP contribution in [0, 0.1) is 0 Å². The van der Waals surface area contributed by atoms with Gasteiger partial charge in [-0.1, -0.05) is 17.6 Å². The van der Waals surface area contributed by atoms with Gasteiger partial charge >= 0.3 is 0 Å². The molecule has 0 spiro atoms. The van der Waals surface area contributed by atoms with Gasteiger partial charge in [0.05, 0.1) is 11.1 Å². The number of piperidine rings is 1. The van der Waals surface area contributed by atoms with Crippen LogP contribution in [0.25, 0.3) is 22.5 Å². The first-order valence-electron chi connectivity index (χ1n) is 9.40. The van der Waals surface area contributed by atoms with Gasteiger partial charge in [-0.25, -0.2) is 0 Å². The summed E-state index contributed by atoms with van der Waals surface area (Å²) in [6.07, 6.45) is 5.68. The van der Waals surface area contributed by atoms with Crippen molar-refractivity contribution >= 4 is 16.9 Å². The molecule has 3 aromatic rings. The first-order valence-corrected chi connectivity index (χ1v) is 9.40. The fourth-order valence-electron chi connectivity index (χ4n) is 3.84. The Balaban J connectivity index is 1.43. The van der Waals surface area contributed by atoms with Crippen molar-refractivity contribution in [3.63, 3.8) is 0 Å². The molecule has 6 nitrogen and oxygen atoms in total. The zero-order valence-corrected chi connectivity index (χ0v) is 15.4. The summed E-state index contributed by atoms with van der Waals surface area (Å²) >= 11 is 0. The van der Waals surface area contributed by atoms with Gasteiger partial charge in [-0.3, -0.25) is 9.88 Å². The zero-order valence-electron chi connectivity index (χ0n) is 15.4. The molecule has 4 heterocycles. The minimum Gasteiger partial charge on any atom is -0.369 e. The van der Waals surface area contributed by atoms with Crippen molar-refractivity contribution in [1.29, 1.82) is 0 Å². The Kier molecular flexibility index (Phi) is 4.84. The van der Waals surface area contributed by atoms with Crippen molar-refractivity contribution < 1.29 is 4.52 Å². The van der Waals surface area contributed by atoms with E-state index in [0.29, 0.717) is 17.8 Å². The number of anilines is 1. The Labute approximate surface area is 153 Å². The van der Waals surface area contributed by atoms with Crippen LogP contribution in [-0.2, 0) is 0 Å². The molecule has 0 aliphatic carbocycles. The molecule has 1 aliphatic rings. The average Bonchev–Trinajstić information content (AvgIpc) is 3.08. The monoisotopic (exact) mass is 351 g/mol. The van der Waals surface area contributed by atoms with E-state index in [2.05, 4.69) is 39.2 Å². The first-order chi connectivity index (χ1) is 12.7. The Morgan fingerprint density at radius 3 is 2.77 bits per heavy atom. The minimum absolute atomic E-state index is 0.537. The Hall–Kier alpha value is -2.47. The molecule has 4 rings (SSSR count). The summed E-state index contributed by atoms with van der Waals surface area (Å²) in [5.41, 5.74) is 2.06. The number of pyridine rings is 2. The maximum absolute atomic E-state index is 5.42. The Morgan fingerprint density at radius 2 is 2.00 bits per heavy atom. The third-order valence-corrected chi connectivity index (χ3v) is 5.30. The summed E-state index contributed by atoms with van der Waals surface area (Å²) in [6.45, 7) is 6.55. The van der Waals surface area contributed by atoms with Gasteiger partial charge in [0, 0.05) is 31.4 Å². The fourth-order valence-corrected chi connectivity index (χ4v) is 3.84. The van der Waals surface area contributed by atoms with Crippen molar-refractivity contribution in [3.05, 3.63) is 36.5 Å². The van der Waals surface area contributed by atoms with E-state index in [9.17, 15) is 0 Å². The number of hydrogen-bond acceptors (Lipinski definition) is 6. The molecule has 0 aromatic carbocycles. The predicted octanol–water partition coefficient (Wildman–Crippen LogP) is 3.96. The van der Waals surface area contributed by atoms with Gasteiger partial charge in [0.25, 0.3) is 5.71 Å². The van der Waals surface area contributed by atoms with E-state index in [1.165, 1.54) is 19.3 Å². The molecule has 1 aliphatic heterocycles. The lowest BCUT2D eigenvalue weighted by molar-refractivity contribution is 0.109. The minimum atomic E-state index is 0.537. The molecule has 1 fully saturated rings. The van der Waals surface area contributed by atoms with Crippen molar-refractivity contribution in [2.45, 2.75) is 45.2 Å². The second-order valence-electron chi connectivity index (χ2n) is 7.09. The molecule has 2 atom stereocenters. The maximum Gasteiger partial charge on any atom is 0.260 e. The summed E-state index contributed by atoms with van der Waals surface area (Å²) in [6, 6.07) is 11.0. The largest absolute Gasteiger partial charge is 0.369 e. The van der Waals surface area contributed by atoms with Crippen LogP contribution in [0.15, 0.2) is 41.1 Å². The molecule has 2 unspecified atom stereocenters.